The minimum absolute atomic E-state index is 0.0547. The molecule has 0 unspecified atom stereocenters. The maximum absolute atomic E-state index is 14.2. The maximum atomic E-state index is 14.2. The van der Waals surface area contributed by atoms with E-state index >= 15 is 0 Å². The van der Waals surface area contributed by atoms with Crippen LogP contribution >= 0.6 is 0 Å². The van der Waals surface area contributed by atoms with Crippen molar-refractivity contribution < 1.29 is 37.8 Å². The third-order valence-corrected chi connectivity index (χ3v) is 8.72. The number of aliphatic carboxylic acids is 1. The Labute approximate surface area is 271 Å². The van der Waals surface area contributed by atoms with Crippen LogP contribution in [0.2, 0.25) is 0 Å². The average molecular weight is 636 g/mol. The lowest BCUT2D eigenvalue weighted by atomic mass is 9.83. The zero-order valence-corrected chi connectivity index (χ0v) is 27.8. The van der Waals surface area contributed by atoms with Crippen molar-refractivity contribution in [1.29, 1.82) is 0 Å². The highest BCUT2D eigenvalue weighted by Gasteiger charge is 2.47. The van der Waals surface area contributed by atoms with E-state index < -0.39 is 23.8 Å². The predicted octanol–water partition coefficient (Wildman–Crippen LogP) is 4.86. The van der Waals surface area contributed by atoms with Crippen LogP contribution in [-0.2, 0) is 22.6 Å². The minimum Gasteiger partial charge on any atom is -0.493 e. The van der Waals surface area contributed by atoms with E-state index in [0.717, 1.165) is 40.7 Å². The first-order chi connectivity index (χ1) is 22.0. The molecule has 0 radical (unpaired) electrons. The van der Waals surface area contributed by atoms with Crippen LogP contribution in [0.5, 0.6) is 17.2 Å². The second-order valence-electron chi connectivity index (χ2n) is 13.3. The van der Waals surface area contributed by atoms with E-state index in [4.69, 9.17) is 18.6 Å². The molecule has 0 spiro atoms. The van der Waals surface area contributed by atoms with E-state index in [-0.39, 0.29) is 19.2 Å². The first kappa shape index (κ1) is 33.3. The number of methoxy groups -OCH3 is 1. The average Bonchev–Trinajstić information content (AvgIpc) is 3.73. The number of quaternary nitrogens is 1. The first-order valence-corrected chi connectivity index (χ1v) is 16.0. The molecule has 46 heavy (non-hydrogen) atoms. The number of hydrogen-bond acceptors (Lipinski definition) is 8. The standard InChI is InChI=1S/C35H46N4O7/c1-7-8-14-38(26-11-9-10-24(15-26)21-39(3,4)5)32(40)20-37-19-27(25-16-29(43-6)34-30(17-25)44-22-45-34)33(35(41)42)28(37)12-13-31-36-18-23(2)46-31/h9-11,15-18,27-28,33H,7-8,12-14,19-22H2,1-6H3/p+1/t27-,28+,33-/m1/s1. The number of amides is 1. The smallest absolute Gasteiger partial charge is 0.308 e. The molecule has 2 aromatic carbocycles. The number of rotatable bonds is 14. The summed E-state index contributed by atoms with van der Waals surface area (Å²) in [5.74, 6) is 0.620. The molecule has 1 saturated heterocycles. The van der Waals surface area contributed by atoms with Crippen LogP contribution in [-0.4, -0.2) is 92.1 Å². The third kappa shape index (κ3) is 7.64. The normalized spacial score (nSPS) is 19.4. The fourth-order valence-corrected chi connectivity index (χ4v) is 6.69. The molecule has 1 aromatic heterocycles. The number of benzene rings is 2. The number of ether oxygens (including phenoxy) is 3. The summed E-state index contributed by atoms with van der Waals surface area (Å²) in [5.41, 5.74) is 2.79. The summed E-state index contributed by atoms with van der Waals surface area (Å²) in [6.07, 6.45) is 4.39. The molecule has 0 aliphatic carbocycles. The third-order valence-electron chi connectivity index (χ3n) is 8.72. The highest BCUT2D eigenvalue weighted by atomic mass is 16.7. The summed E-state index contributed by atoms with van der Waals surface area (Å²) in [7, 11) is 7.98. The molecule has 1 amide bonds. The molecule has 11 nitrogen and oxygen atoms in total. The fraction of sp³-hybridized carbons (Fsp3) is 0.514. The van der Waals surface area contributed by atoms with Crippen LogP contribution in [0.15, 0.2) is 47.0 Å². The van der Waals surface area contributed by atoms with E-state index in [1.807, 2.05) is 41.0 Å². The fourth-order valence-electron chi connectivity index (χ4n) is 6.69. The van der Waals surface area contributed by atoms with Gasteiger partial charge in [-0.15, -0.1) is 0 Å². The number of carboxylic acids is 1. The topological polar surface area (TPSA) is 115 Å². The number of carbonyl (C=O) groups excluding carboxylic acids is 1. The largest absolute Gasteiger partial charge is 0.493 e. The van der Waals surface area contributed by atoms with Crippen molar-refractivity contribution in [2.45, 2.75) is 58.0 Å². The van der Waals surface area contributed by atoms with Crippen LogP contribution < -0.4 is 19.1 Å². The molecule has 2 aliphatic heterocycles. The number of likely N-dealkylation sites (tertiary alicyclic amines) is 1. The summed E-state index contributed by atoms with van der Waals surface area (Å²) in [6, 6.07) is 11.4. The van der Waals surface area contributed by atoms with Gasteiger partial charge in [0.1, 0.15) is 12.3 Å². The second-order valence-corrected chi connectivity index (χ2v) is 13.3. The Kier molecular flexibility index (Phi) is 10.2. The van der Waals surface area contributed by atoms with Gasteiger partial charge in [0.05, 0.1) is 46.9 Å². The number of anilines is 1. The van der Waals surface area contributed by atoms with Gasteiger partial charge in [0.2, 0.25) is 18.4 Å². The number of carboxylic acid groups (broad SMARTS) is 1. The van der Waals surface area contributed by atoms with Crippen LogP contribution in [0, 0.1) is 12.8 Å². The van der Waals surface area contributed by atoms with Crippen molar-refractivity contribution >= 4 is 17.6 Å². The Hall–Kier alpha value is -4.09. The van der Waals surface area contributed by atoms with Gasteiger partial charge in [0.15, 0.2) is 17.4 Å². The molecule has 0 saturated carbocycles. The van der Waals surface area contributed by atoms with E-state index in [0.29, 0.717) is 54.8 Å². The van der Waals surface area contributed by atoms with Crippen molar-refractivity contribution in [3.8, 4) is 17.2 Å². The molecule has 3 aromatic rings. The summed E-state index contributed by atoms with van der Waals surface area (Å²) in [4.78, 5) is 35.5. The quantitative estimate of drug-likeness (QED) is 0.248. The first-order valence-electron chi connectivity index (χ1n) is 16.0. The van der Waals surface area contributed by atoms with Crippen molar-refractivity contribution in [3.05, 3.63) is 65.4 Å². The SMILES string of the molecule is CCCCN(C(=O)CN1C[C@H](c2cc(OC)c3c(c2)OCO3)[C@@H](C(=O)O)[C@@H]1CCc1ncc(C)o1)c1cccc(C[N+](C)(C)C)c1. The lowest BCUT2D eigenvalue weighted by Gasteiger charge is -2.30. The molecule has 248 valence electrons. The summed E-state index contributed by atoms with van der Waals surface area (Å²) >= 11 is 0. The van der Waals surface area contributed by atoms with E-state index in [1.165, 1.54) is 0 Å². The number of hydrogen-bond donors (Lipinski definition) is 1. The summed E-state index contributed by atoms with van der Waals surface area (Å²) in [6.45, 7) is 5.90. The Morgan fingerprint density at radius 3 is 2.65 bits per heavy atom. The number of carbonyl (C=O) groups is 2. The van der Waals surface area contributed by atoms with Crippen molar-refractivity contribution in [2.24, 2.45) is 5.92 Å². The molecule has 5 rings (SSSR count). The van der Waals surface area contributed by atoms with Crippen LogP contribution in [0.1, 0.15) is 54.9 Å². The summed E-state index contributed by atoms with van der Waals surface area (Å²) < 4.78 is 23.4. The van der Waals surface area contributed by atoms with Gasteiger partial charge in [-0.2, -0.15) is 0 Å². The van der Waals surface area contributed by atoms with Gasteiger partial charge in [-0.1, -0.05) is 25.5 Å². The molecule has 0 bridgehead atoms. The molecular formula is C35H47N4O7+. The molecule has 11 heteroatoms. The van der Waals surface area contributed by atoms with Gasteiger partial charge < -0.3 is 33.1 Å². The molecule has 3 atom stereocenters. The highest BCUT2D eigenvalue weighted by Crippen LogP contribution is 2.47. The monoisotopic (exact) mass is 635 g/mol. The molecule has 3 heterocycles. The number of fused-ring (bicyclic) bond motifs is 1. The van der Waals surface area contributed by atoms with Crippen molar-refractivity contribution in [1.82, 2.24) is 9.88 Å². The predicted molar refractivity (Wildman–Crippen MR) is 173 cm³/mol. The lowest BCUT2D eigenvalue weighted by molar-refractivity contribution is -0.884. The minimum atomic E-state index is -0.916. The van der Waals surface area contributed by atoms with Gasteiger partial charge in [0.25, 0.3) is 0 Å². The lowest BCUT2D eigenvalue weighted by Crippen LogP contribution is -2.44. The van der Waals surface area contributed by atoms with Gasteiger partial charge in [-0.05, 0) is 49.6 Å². The van der Waals surface area contributed by atoms with Gasteiger partial charge in [0, 0.05) is 42.7 Å². The molecule has 1 N–H and O–H groups in total. The van der Waals surface area contributed by atoms with E-state index in [1.54, 1.807) is 13.3 Å². The number of unbranched alkanes of at least 4 members (excludes halogenated alkanes) is 1. The van der Waals surface area contributed by atoms with Crippen LogP contribution in [0.25, 0.3) is 0 Å². The Morgan fingerprint density at radius 2 is 1.98 bits per heavy atom. The Bertz CT molecular complexity index is 1530. The zero-order chi connectivity index (χ0) is 33.0. The summed E-state index contributed by atoms with van der Waals surface area (Å²) in [5, 5.41) is 10.7. The Morgan fingerprint density at radius 1 is 1.17 bits per heavy atom. The van der Waals surface area contributed by atoms with E-state index in [2.05, 4.69) is 45.2 Å². The number of nitrogens with zero attached hydrogens (tertiary/aromatic N) is 4. The van der Waals surface area contributed by atoms with Gasteiger partial charge in [-0.25, -0.2) is 4.98 Å². The van der Waals surface area contributed by atoms with Crippen molar-refractivity contribution in [3.63, 3.8) is 0 Å². The van der Waals surface area contributed by atoms with Gasteiger partial charge >= 0.3 is 5.97 Å². The molecular weight excluding hydrogens is 588 g/mol. The van der Waals surface area contributed by atoms with E-state index in [9.17, 15) is 14.7 Å². The van der Waals surface area contributed by atoms with Crippen molar-refractivity contribution in [2.75, 3.05) is 59.6 Å². The van der Waals surface area contributed by atoms with Crippen LogP contribution in [0.4, 0.5) is 5.69 Å². The number of aromatic nitrogens is 1. The van der Waals surface area contributed by atoms with Crippen LogP contribution in [0.3, 0.4) is 0 Å². The number of oxazole rings is 1. The second kappa shape index (κ2) is 14.1. The zero-order valence-electron chi connectivity index (χ0n) is 27.8. The molecule has 2 aliphatic rings. The highest BCUT2D eigenvalue weighted by molar-refractivity contribution is 5.95. The molecule has 1 fully saturated rings. The van der Waals surface area contributed by atoms with Gasteiger partial charge in [-0.3, -0.25) is 14.5 Å². The number of aryl methyl sites for hydroxylation is 2. The Balaban J connectivity index is 1.47. The maximum Gasteiger partial charge on any atom is 0.308 e.